The topological polar surface area (TPSA) is 136 Å². The number of nitro benzene ring substituents is 1. The first-order valence-electron chi connectivity index (χ1n) is 13.6. The standard InChI is InChI=1S/C33H29FN4O5/c1-19-6-3-9-23(16-19)31(39)28-27(21-12-14-24(34)15-13-21)30(32(35)40)37(33(41)36-25-10-4-7-20(2)17-25)29(28)22-8-5-11-26(18-22)38(42)43/h3-18,27-30H,1-2H3,(H2,35,40)(H,36,41). The highest BCUT2D eigenvalue weighted by Crippen LogP contribution is 2.51. The molecule has 1 saturated heterocycles. The second-order valence-corrected chi connectivity index (χ2v) is 10.7. The largest absolute Gasteiger partial charge is 0.368 e. The van der Waals surface area contributed by atoms with Crippen LogP contribution in [-0.2, 0) is 4.79 Å². The minimum Gasteiger partial charge on any atom is -0.368 e. The molecule has 9 nitrogen and oxygen atoms in total. The summed E-state index contributed by atoms with van der Waals surface area (Å²) in [4.78, 5) is 54.3. The average Bonchev–Trinajstić information content (AvgIpc) is 3.34. The van der Waals surface area contributed by atoms with Crippen LogP contribution in [0.1, 0.15) is 44.6 Å². The van der Waals surface area contributed by atoms with Crippen LogP contribution in [0, 0.1) is 35.7 Å². The summed E-state index contributed by atoms with van der Waals surface area (Å²) in [6, 6.07) is 21.6. The van der Waals surface area contributed by atoms with Gasteiger partial charge in [-0.3, -0.25) is 19.7 Å². The highest BCUT2D eigenvalue weighted by atomic mass is 19.1. The number of benzene rings is 4. The van der Waals surface area contributed by atoms with Gasteiger partial charge < -0.3 is 16.0 Å². The Kier molecular flexibility index (Phi) is 8.03. The van der Waals surface area contributed by atoms with E-state index >= 15 is 0 Å². The number of nitrogens with one attached hydrogen (secondary N) is 1. The number of carbonyl (C=O) groups is 3. The van der Waals surface area contributed by atoms with Crippen LogP contribution in [0.5, 0.6) is 0 Å². The molecule has 4 unspecified atom stereocenters. The minimum absolute atomic E-state index is 0.251. The van der Waals surface area contributed by atoms with Crippen molar-refractivity contribution in [3.05, 3.63) is 141 Å². The van der Waals surface area contributed by atoms with Crippen molar-refractivity contribution in [1.82, 2.24) is 4.90 Å². The van der Waals surface area contributed by atoms with Crippen LogP contribution in [0.4, 0.5) is 20.6 Å². The van der Waals surface area contributed by atoms with Crippen LogP contribution in [0.15, 0.2) is 97.1 Å². The molecule has 10 heteroatoms. The lowest BCUT2D eigenvalue weighted by molar-refractivity contribution is -0.385. The van der Waals surface area contributed by atoms with Crippen molar-refractivity contribution >= 4 is 29.1 Å². The van der Waals surface area contributed by atoms with Gasteiger partial charge in [0.15, 0.2) is 5.78 Å². The summed E-state index contributed by atoms with van der Waals surface area (Å²) >= 11 is 0. The normalized spacial score (nSPS) is 19.6. The highest BCUT2D eigenvalue weighted by molar-refractivity contribution is 6.03. The fourth-order valence-electron chi connectivity index (χ4n) is 5.95. The lowest BCUT2D eigenvalue weighted by Gasteiger charge is -2.31. The number of rotatable bonds is 7. The number of hydrogen-bond donors (Lipinski definition) is 2. The number of Topliss-reactive ketones (excluding diaryl/α,β-unsaturated/α-hetero) is 1. The van der Waals surface area contributed by atoms with Crippen LogP contribution in [0.3, 0.4) is 0 Å². The molecule has 0 radical (unpaired) electrons. The number of amides is 3. The van der Waals surface area contributed by atoms with E-state index < -0.39 is 52.4 Å². The Morgan fingerprint density at radius 3 is 2.14 bits per heavy atom. The molecule has 0 bridgehead atoms. The zero-order chi connectivity index (χ0) is 30.8. The van der Waals surface area contributed by atoms with E-state index in [0.717, 1.165) is 11.1 Å². The third-order valence-corrected chi connectivity index (χ3v) is 7.74. The van der Waals surface area contributed by atoms with Gasteiger partial charge >= 0.3 is 6.03 Å². The number of nitro groups is 1. The van der Waals surface area contributed by atoms with Gasteiger partial charge in [-0.25, -0.2) is 9.18 Å². The second-order valence-electron chi connectivity index (χ2n) is 10.7. The zero-order valence-electron chi connectivity index (χ0n) is 23.4. The number of urea groups is 1. The second kappa shape index (κ2) is 11.8. The Bertz CT molecular complexity index is 1720. The first-order valence-corrected chi connectivity index (χ1v) is 13.6. The Balaban J connectivity index is 1.76. The van der Waals surface area contributed by atoms with Crippen molar-refractivity contribution in [2.75, 3.05) is 5.32 Å². The first-order chi connectivity index (χ1) is 20.5. The van der Waals surface area contributed by atoms with Gasteiger partial charge in [0, 0.05) is 29.3 Å². The smallest absolute Gasteiger partial charge is 0.323 e. The minimum atomic E-state index is -1.36. The predicted octanol–water partition coefficient (Wildman–Crippen LogP) is 6.08. The molecule has 0 aromatic heterocycles. The van der Waals surface area contributed by atoms with Gasteiger partial charge in [0.25, 0.3) is 5.69 Å². The molecule has 4 aromatic carbocycles. The number of hydrogen-bond acceptors (Lipinski definition) is 5. The quantitative estimate of drug-likeness (QED) is 0.155. The van der Waals surface area contributed by atoms with Crippen LogP contribution < -0.4 is 11.1 Å². The lowest BCUT2D eigenvalue weighted by atomic mass is 9.76. The van der Waals surface area contributed by atoms with E-state index in [-0.39, 0.29) is 11.3 Å². The Labute approximate surface area is 247 Å². The van der Waals surface area contributed by atoms with Crippen LogP contribution >= 0.6 is 0 Å². The van der Waals surface area contributed by atoms with E-state index in [4.69, 9.17) is 5.73 Å². The van der Waals surface area contributed by atoms with Gasteiger partial charge in [-0.05, 0) is 60.9 Å². The van der Waals surface area contributed by atoms with Crippen molar-refractivity contribution < 1.29 is 23.7 Å². The number of aryl methyl sites for hydroxylation is 2. The monoisotopic (exact) mass is 580 g/mol. The van der Waals surface area contributed by atoms with Gasteiger partial charge in [-0.15, -0.1) is 0 Å². The molecule has 0 spiro atoms. The van der Waals surface area contributed by atoms with Gasteiger partial charge in [0.2, 0.25) is 5.91 Å². The maximum absolute atomic E-state index is 14.5. The molecular weight excluding hydrogens is 551 g/mol. The number of non-ortho nitro benzene ring substituents is 1. The third kappa shape index (κ3) is 5.85. The SMILES string of the molecule is Cc1cccc(NC(=O)N2C(C(N)=O)C(c3ccc(F)cc3)C(C(=O)c3cccc(C)c3)C2c2cccc([N+](=O)[O-])c2)c1. The molecule has 3 amide bonds. The number of ketones is 1. The van der Waals surface area contributed by atoms with Crippen LogP contribution in [-0.4, -0.2) is 33.6 Å². The molecule has 43 heavy (non-hydrogen) atoms. The fourth-order valence-corrected chi connectivity index (χ4v) is 5.95. The molecule has 1 fully saturated rings. The molecule has 5 rings (SSSR count). The van der Waals surface area contributed by atoms with Gasteiger partial charge in [-0.1, -0.05) is 60.2 Å². The molecular formula is C33H29FN4O5. The molecule has 1 aliphatic heterocycles. The zero-order valence-corrected chi connectivity index (χ0v) is 23.4. The molecule has 4 atom stereocenters. The summed E-state index contributed by atoms with van der Waals surface area (Å²) in [5, 5.41) is 14.6. The maximum atomic E-state index is 14.5. The summed E-state index contributed by atoms with van der Waals surface area (Å²) in [5.41, 5.74) is 8.89. The van der Waals surface area contributed by atoms with Crippen molar-refractivity contribution in [2.45, 2.75) is 31.8 Å². The van der Waals surface area contributed by atoms with E-state index in [1.165, 1.54) is 47.4 Å². The molecule has 3 N–H and O–H groups in total. The van der Waals surface area contributed by atoms with E-state index in [0.29, 0.717) is 16.8 Å². The van der Waals surface area contributed by atoms with E-state index in [1.807, 2.05) is 26.0 Å². The van der Waals surface area contributed by atoms with Gasteiger partial charge in [-0.2, -0.15) is 0 Å². The number of halogens is 1. The Morgan fingerprint density at radius 1 is 0.860 bits per heavy atom. The molecule has 1 heterocycles. The van der Waals surface area contributed by atoms with Crippen LogP contribution in [0.2, 0.25) is 0 Å². The lowest BCUT2D eigenvalue weighted by Crippen LogP contribution is -2.48. The summed E-state index contributed by atoms with van der Waals surface area (Å²) in [6.07, 6.45) is 0. The van der Waals surface area contributed by atoms with Crippen molar-refractivity contribution in [3.8, 4) is 0 Å². The number of anilines is 1. The maximum Gasteiger partial charge on any atom is 0.323 e. The number of carbonyl (C=O) groups excluding carboxylic acids is 3. The Hall–Kier alpha value is -5.38. The van der Waals surface area contributed by atoms with Gasteiger partial charge in [0.1, 0.15) is 11.9 Å². The van der Waals surface area contributed by atoms with E-state index in [2.05, 4.69) is 5.32 Å². The summed E-state index contributed by atoms with van der Waals surface area (Å²) in [5.74, 6) is -3.92. The summed E-state index contributed by atoms with van der Waals surface area (Å²) in [7, 11) is 0. The predicted molar refractivity (Wildman–Crippen MR) is 159 cm³/mol. The molecule has 4 aromatic rings. The molecule has 0 saturated carbocycles. The molecule has 1 aliphatic rings. The first kappa shape index (κ1) is 29.1. The number of likely N-dealkylation sites (tertiary alicyclic amines) is 1. The third-order valence-electron chi connectivity index (χ3n) is 7.74. The molecule has 0 aliphatic carbocycles. The summed E-state index contributed by atoms with van der Waals surface area (Å²) in [6.45, 7) is 3.68. The summed E-state index contributed by atoms with van der Waals surface area (Å²) < 4.78 is 14.0. The van der Waals surface area contributed by atoms with Gasteiger partial charge in [0.05, 0.1) is 16.9 Å². The fraction of sp³-hybridized carbons (Fsp3) is 0.182. The van der Waals surface area contributed by atoms with Crippen molar-refractivity contribution in [2.24, 2.45) is 11.7 Å². The highest BCUT2D eigenvalue weighted by Gasteiger charge is 2.57. The number of nitrogens with zero attached hydrogens (tertiary/aromatic N) is 2. The number of primary amides is 1. The van der Waals surface area contributed by atoms with Crippen LogP contribution in [0.25, 0.3) is 0 Å². The van der Waals surface area contributed by atoms with Crippen molar-refractivity contribution in [1.29, 1.82) is 0 Å². The number of nitrogens with two attached hydrogens (primary N) is 1. The molecule has 218 valence electrons. The van der Waals surface area contributed by atoms with E-state index in [1.54, 1.807) is 42.5 Å². The average molecular weight is 581 g/mol. The van der Waals surface area contributed by atoms with E-state index in [9.17, 15) is 28.9 Å². The Morgan fingerprint density at radius 2 is 1.51 bits per heavy atom. The van der Waals surface area contributed by atoms with Crippen molar-refractivity contribution in [3.63, 3.8) is 0 Å².